The van der Waals surface area contributed by atoms with Gasteiger partial charge in [-0.1, -0.05) is 288 Å². The Hall–Kier alpha value is -11.4. The molecule has 0 unspecified atom stereocenters. The van der Waals surface area contributed by atoms with Gasteiger partial charge in [-0.2, -0.15) is 0 Å². The van der Waals surface area contributed by atoms with E-state index in [2.05, 4.69) is 360 Å². The highest BCUT2D eigenvalue weighted by atomic mass is 14.5. The van der Waals surface area contributed by atoms with Gasteiger partial charge >= 0.3 is 0 Å². The molecule has 103 heavy (non-hydrogen) atoms. The summed E-state index contributed by atoms with van der Waals surface area (Å²) in [6.45, 7) is 24.3. The summed E-state index contributed by atoms with van der Waals surface area (Å²) in [5.41, 5.74) is 41.7. The van der Waals surface area contributed by atoms with Crippen LogP contribution >= 0.6 is 0 Å². The van der Waals surface area contributed by atoms with Gasteiger partial charge in [0.15, 0.2) is 0 Å². The van der Waals surface area contributed by atoms with Crippen molar-refractivity contribution in [2.24, 2.45) is 0 Å². The van der Waals surface area contributed by atoms with Crippen LogP contribution < -0.4 is 0 Å². The highest BCUT2D eigenvalue weighted by molar-refractivity contribution is 6.14. The van der Waals surface area contributed by atoms with Crippen LogP contribution in [0, 0.1) is 0 Å². The average Bonchev–Trinajstić information content (AvgIpc) is 1.56. The Morgan fingerprint density at radius 3 is 0.466 bits per heavy atom. The predicted octanol–water partition coefficient (Wildman–Crippen LogP) is 27.8. The number of fused-ring (bicyclic) bond motifs is 19. The van der Waals surface area contributed by atoms with E-state index >= 15 is 0 Å². The van der Waals surface area contributed by atoms with Crippen LogP contribution in [0.25, 0.3) is 165 Å². The van der Waals surface area contributed by atoms with E-state index < -0.39 is 0 Å². The fraction of sp³-hybridized carbons (Fsp3) is 0.146. The Labute approximate surface area is 604 Å². The van der Waals surface area contributed by atoms with E-state index in [1.54, 1.807) is 0 Å². The van der Waals surface area contributed by atoms with Crippen LogP contribution in [0.4, 0.5) is 0 Å². The van der Waals surface area contributed by atoms with Crippen molar-refractivity contribution in [3.8, 4) is 122 Å². The van der Waals surface area contributed by atoms with Crippen LogP contribution in [0.1, 0.15) is 125 Å². The van der Waals surface area contributed by atoms with Crippen LogP contribution in [0.15, 0.2) is 291 Å². The monoisotopic (exact) mass is 1310 g/mol. The molecule has 0 nitrogen and oxygen atoms in total. The molecule has 0 atom stereocenters. The van der Waals surface area contributed by atoms with Crippen LogP contribution in [0.5, 0.6) is 0 Å². The van der Waals surface area contributed by atoms with Crippen LogP contribution in [-0.4, -0.2) is 0 Å². The zero-order chi connectivity index (χ0) is 69.5. The summed E-state index contributed by atoms with van der Waals surface area (Å²) in [5.74, 6) is 0. The van der Waals surface area contributed by atoms with Gasteiger partial charge in [-0.3, -0.25) is 0 Å². The van der Waals surface area contributed by atoms with E-state index in [1.807, 2.05) is 0 Å². The molecule has 0 radical (unpaired) electrons. The zero-order valence-electron chi connectivity index (χ0n) is 60.2. The van der Waals surface area contributed by atoms with Gasteiger partial charge in [-0.25, -0.2) is 0 Å². The molecule has 0 saturated heterocycles. The molecule has 21 rings (SSSR count). The van der Waals surface area contributed by atoms with Crippen molar-refractivity contribution in [2.45, 2.75) is 96.3 Å². The number of hydrogen-bond donors (Lipinski definition) is 0. The third-order valence-corrected chi connectivity index (χ3v) is 25.8. The van der Waals surface area contributed by atoms with Gasteiger partial charge in [0.05, 0.1) is 0 Å². The van der Waals surface area contributed by atoms with Crippen molar-refractivity contribution in [3.05, 3.63) is 347 Å². The maximum atomic E-state index is 2.50. The maximum absolute atomic E-state index is 2.50. The summed E-state index contributed by atoms with van der Waals surface area (Å²) in [5, 5.41) is 10.3. The van der Waals surface area contributed by atoms with Crippen LogP contribution in [0.3, 0.4) is 0 Å². The van der Waals surface area contributed by atoms with E-state index in [0.717, 1.165) is 0 Å². The maximum Gasteiger partial charge on any atom is 0.0159 e. The molecule has 0 saturated carbocycles. The number of benzene rings is 16. The van der Waals surface area contributed by atoms with Crippen molar-refractivity contribution < 1.29 is 0 Å². The molecular formula is C103H78. The first kappa shape index (κ1) is 60.3. The third-order valence-electron chi connectivity index (χ3n) is 25.8. The summed E-state index contributed by atoms with van der Waals surface area (Å²) in [6.07, 6.45) is 0. The summed E-state index contributed by atoms with van der Waals surface area (Å²) in [7, 11) is 0. The highest BCUT2D eigenvalue weighted by Gasteiger charge is 2.42. The molecule has 5 aliphatic rings. The molecule has 490 valence electrons. The fourth-order valence-electron chi connectivity index (χ4n) is 20.1. The minimum Gasteiger partial charge on any atom is -0.0616 e. The number of hydrogen-bond acceptors (Lipinski definition) is 0. The van der Waals surface area contributed by atoms with Gasteiger partial charge < -0.3 is 0 Å². The van der Waals surface area contributed by atoms with Gasteiger partial charge in [0, 0.05) is 27.1 Å². The van der Waals surface area contributed by atoms with Crippen molar-refractivity contribution >= 4 is 43.1 Å². The Kier molecular flexibility index (Phi) is 12.2. The minimum absolute atomic E-state index is 0.177. The summed E-state index contributed by atoms with van der Waals surface area (Å²) in [6, 6.07) is 113. The average molecular weight is 1320 g/mol. The second kappa shape index (κ2) is 20.9. The first-order valence-electron chi connectivity index (χ1n) is 37.1. The molecule has 0 bridgehead atoms. The van der Waals surface area contributed by atoms with Crippen molar-refractivity contribution in [2.75, 3.05) is 0 Å². The van der Waals surface area contributed by atoms with Crippen molar-refractivity contribution in [1.29, 1.82) is 0 Å². The van der Waals surface area contributed by atoms with Gasteiger partial charge in [0.25, 0.3) is 0 Å². The summed E-state index contributed by atoms with van der Waals surface area (Å²) in [4.78, 5) is 0. The fourth-order valence-corrected chi connectivity index (χ4v) is 20.1. The Bertz CT molecular complexity index is 6000. The lowest BCUT2D eigenvalue weighted by Gasteiger charge is -2.24. The smallest absolute Gasteiger partial charge is 0.0159 e. The largest absolute Gasteiger partial charge is 0.0616 e. The summed E-state index contributed by atoms with van der Waals surface area (Å²) < 4.78 is 0. The van der Waals surface area contributed by atoms with E-state index in [1.165, 1.54) is 221 Å². The van der Waals surface area contributed by atoms with E-state index in [0.29, 0.717) is 0 Å². The van der Waals surface area contributed by atoms with Gasteiger partial charge in [-0.05, 0) is 294 Å². The molecule has 0 N–H and O–H groups in total. The zero-order valence-corrected chi connectivity index (χ0v) is 60.2. The van der Waals surface area contributed by atoms with Crippen molar-refractivity contribution in [3.63, 3.8) is 0 Å². The Morgan fingerprint density at radius 1 is 0.146 bits per heavy atom. The molecule has 5 aliphatic carbocycles. The Morgan fingerprint density at radius 2 is 0.291 bits per heavy atom. The molecule has 0 fully saturated rings. The first-order valence-corrected chi connectivity index (χ1v) is 37.1. The topological polar surface area (TPSA) is 0 Å². The van der Waals surface area contributed by atoms with Gasteiger partial charge in [0.2, 0.25) is 0 Å². The SMILES string of the molecule is CC1(C)c2cc(-c3ccc4c(c3)C(C)(C)c3cc(-c5ccc6c(c5)C(C)(C)c5cc(-c7c8ccccc8cc8ccccc78)ccc5-6)ccc3-4)ccc2-c2ccc(-c3ccc4c(c3)C(C)(C)c3cc(-c5ccc6c(c5)C(C)(C)c5cc(-c7c8ccccc8cc8ccccc78)ccc5-6)ccc3-4)cc21. The van der Waals surface area contributed by atoms with Gasteiger partial charge in [0.1, 0.15) is 0 Å². The molecule has 0 aromatic heterocycles. The number of rotatable bonds is 6. The molecule has 16 aromatic carbocycles. The minimum atomic E-state index is -0.196. The molecule has 0 heteroatoms. The van der Waals surface area contributed by atoms with E-state index in [4.69, 9.17) is 0 Å². The van der Waals surface area contributed by atoms with E-state index in [-0.39, 0.29) is 27.1 Å². The predicted molar refractivity (Wildman–Crippen MR) is 437 cm³/mol. The molecule has 0 spiro atoms. The van der Waals surface area contributed by atoms with Gasteiger partial charge in [-0.15, -0.1) is 0 Å². The van der Waals surface area contributed by atoms with E-state index in [9.17, 15) is 0 Å². The molecule has 16 aromatic rings. The molecule has 0 heterocycles. The first-order chi connectivity index (χ1) is 49.8. The van der Waals surface area contributed by atoms with Crippen molar-refractivity contribution in [1.82, 2.24) is 0 Å². The third kappa shape index (κ3) is 8.41. The standard InChI is InChI=1S/C103H78/c1-99(2)87-49-59(61-29-39-79-81-41-31-63(53-91(81)100(3,4)89(79)51-61)65-33-43-83-85-45-35-71(57-95(85)102(7,8)93(83)55-65)97-73-23-15-11-19-67(73)47-68-20-12-16-24-74(68)97)27-37-77(87)78-38-28-60(50-88(78)99)62-30-40-80-82-42-32-64(54-92(82)101(5,6)90(80)52-62)66-34-44-84-86-46-36-72(58-96(86)103(9,10)94(84)56-66)98-75-25-17-13-21-69(75)48-70-22-14-18-26-76(70)98/h11-58H,1-10H3. The Balaban J connectivity index is 0.539. The normalized spacial score (nSPS) is 15.7. The highest BCUT2D eigenvalue weighted by Crippen LogP contribution is 2.58. The molecule has 0 aliphatic heterocycles. The lowest BCUT2D eigenvalue weighted by atomic mass is 9.79. The second-order valence-corrected chi connectivity index (χ2v) is 33.1. The molecular weight excluding hydrogens is 1240 g/mol. The quantitative estimate of drug-likeness (QED) is 0.146. The van der Waals surface area contributed by atoms with Crippen LogP contribution in [0.2, 0.25) is 0 Å². The molecule has 0 amide bonds. The van der Waals surface area contributed by atoms with Crippen LogP contribution in [-0.2, 0) is 27.1 Å². The lowest BCUT2D eigenvalue weighted by molar-refractivity contribution is 0.659. The summed E-state index contributed by atoms with van der Waals surface area (Å²) >= 11 is 0. The lowest BCUT2D eigenvalue weighted by Crippen LogP contribution is -2.16. The second-order valence-electron chi connectivity index (χ2n) is 33.1.